The highest BCUT2D eigenvalue weighted by atomic mass is 16.6. The third-order valence-electron chi connectivity index (χ3n) is 8.94. The van der Waals surface area contributed by atoms with Gasteiger partial charge < -0.3 is 44.0 Å². The van der Waals surface area contributed by atoms with Crippen LogP contribution in [0.15, 0.2) is 98.1 Å². The molecule has 0 spiro atoms. The second kappa shape index (κ2) is 21.8. The number of ether oxygens (including phenoxy) is 6. The normalized spacial score (nSPS) is 12.7. The standard InChI is InChI=1S/C44H53N3O11/c1-7-25-54-40(49)38(46-41(50)55-26-8-2)27-47(43(52)58-44(3,4)5)24-14-13-19-37(39(48)56-28-30-20-22-31(53-6)23-21-30)45-42(51)57-29-36-34-17-11-9-15-32(34)33-16-10-12-18-35(33)36/h7-12,15-18,20-23,36-38H,1-2,13-14,19,24-29H2,3-6H3,(H,45,51)(H,46,50)/t37-,38-/m0/s1. The molecule has 2 atom stereocenters. The van der Waals surface area contributed by atoms with Crippen molar-refractivity contribution in [3.8, 4) is 16.9 Å². The molecule has 0 fully saturated rings. The quantitative estimate of drug-likeness (QED) is 0.0520. The molecule has 0 saturated heterocycles. The SMILES string of the molecule is C=CCOC(=O)N[C@@H](CN(CCCC[C@H](NC(=O)OCC1c2ccccc2-c2ccccc21)C(=O)OCc1ccc(OC)cc1)C(=O)OC(C)(C)C)C(=O)OCC=C. The van der Waals surface area contributed by atoms with E-state index in [2.05, 4.69) is 23.8 Å². The lowest BCUT2D eigenvalue weighted by Crippen LogP contribution is -2.51. The number of unbranched alkanes of at least 4 members (excludes halogenated alkanes) is 1. The lowest BCUT2D eigenvalue weighted by Gasteiger charge is -2.30. The lowest BCUT2D eigenvalue weighted by molar-refractivity contribution is -0.148. The summed E-state index contributed by atoms with van der Waals surface area (Å²) in [4.78, 5) is 66.9. The highest BCUT2D eigenvalue weighted by Gasteiger charge is 2.32. The van der Waals surface area contributed by atoms with E-state index < -0.39 is 47.9 Å². The monoisotopic (exact) mass is 799 g/mol. The number of amides is 3. The van der Waals surface area contributed by atoms with Crippen molar-refractivity contribution in [2.75, 3.05) is 40.0 Å². The summed E-state index contributed by atoms with van der Waals surface area (Å²) >= 11 is 0. The van der Waals surface area contributed by atoms with Gasteiger partial charge in [-0.3, -0.25) is 0 Å². The summed E-state index contributed by atoms with van der Waals surface area (Å²) in [6.07, 6.45) is 0.995. The smallest absolute Gasteiger partial charge is 0.410 e. The molecular formula is C44H53N3O11. The van der Waals surface area contributed by atoms with Gasteiger partial charge >= 0.3 is 30.2 Å². The highest BCUT2D eigenvalue weighted by Crippen LogP contribution is 2.44. The number of alkyl carbamates (subject to hydrolysis) is 2. The first-order valence-corrected chi connectivity index (χ1v) is 19.0. The molecule has 0 bridgehead atoms. The van der Waals surface area contributed by atoms with Gasteiger partial charge in [0.1, 0.15) is 49.9 Å². The van der Waals surface area contributed by atoms with Crippen molar-refractivity contribution in [2.24, 2.45) is 0 Å². The number of fused-ring (bicyclic) bond motifs is 3. The predicted octanol–water partition coefficient (Wildman–Crippen LogP) is 7.06. The molecule has 0 heterocycles. The maximum Gasteiger partial charge on any atom is 0.410 e. The van der Waals surface area contributed by atoms with Crippen LogP contribution in [0.25, 0.3) is 11.1 Å². The molecule has 1 aliphatic carbocycles. The molecule has 0 saturated carbocycles. The van der Waals surface area contributed by atoms with Crippen LogP contribution < -0.4 is 15.4 Å². The van der Waals surface area contributed by atoms with Crippen LogP contribution in [-0.4, -0.2) is 92.8 Å². The minimum absolute atomic E-state index is 0.0437. The Bertz CT molecular complexity index is 1840. The average molecular weight is 800 g/mol. The zero-order valence-corrected chi connectivity index (χ0v) is 33.5. The average Bonchev–Trinajstić information content (AvgIpc) is 3.53. The Morgan fingerprint density at radius 1 is 0.741 bits per heavy atom. The number of nitrogens with zero attached hydrogens (tertiary/aromatic N) is 1. The van der Waals surface area contributed by atoms with Gasteiger partial charge in [-0.05, 0) is 80.0 Å². The highest BCUT2D eigenvalue weighted by molar-refractivity contribution is 5.83. The molecule has 0 aliphatic heterocycles. The van der Waals surface area contributed by atoms with Crippen LogP contribution >= 0.6 is 0 Å². The number of methoxy groups -OCH3 is 1. The van der Waals surface area contributed by atoms with Gasteiger partial charge in [0.25, 0.3) is 0 Å². The van der Waals surface area contributed by atoms with Crippen molar-refractivity contribution in [3.63, 3.8) is 0 Å². The molecular weight excluding hydrogens is 746 g/mol. The molecule has 1 aliphatic rings. The van der Waals surface area contributed by atoms with E-state index >= 15 is 0 Å². The van der Waals surface area contributed by atoms with Gasteiger partial charge in [0, 0.05) is 12.5 Å². The van der Waals surface area contributed by atoms with Crippen LogP contribution in [0.3, 0.4) is 0 Å². The minimum atomic E-state index is -1.32. The first-order valence-electron chi connectivity index (χ1n) is 19.0. The van der Waals surface area contributed by atoms with Crippen molar-refractivity contribution in [2.45, 2.75) is 70.2 Å². The first-order chi connectivity index (χ1) is 27.8. The van der Waals surface area contributed by atoms with Crippen molar-refractivity contribution in [1.29, 1.82) is 0 Å². The molecule has 3 amide bonds. The van der Waals surface area contributed by atoms with Crippen LogP contribution in [0, 0.1) is 0 Å². The van der Waals surface area contributed by atoms with E-state index in [1.807, 2.05) is 48.5 Å². The zero-order valence-electron chi connectivity index (χ0n) is 33.5. The van der Waals surface area contributed by atoms with Gasteiger partial charge in [-0.25, -0.2) is 24.0 Å². The van der Waals surface area contributed by atoms with Crippen LogP contribution in [0.5, 0.6) is 5.75 Å². The third-order valence-corrected chi connectivity index (χ3v) is 8.94. The summed E-state index contributed by atoms with van der Waals surface area (Å²) in [7, 11) is 1.55. The fraction of sp³-hybridized carbons (Fsp3) is 0.386. The van der Waals surface area contributed by atoms with E-state index in [9.17, 15) is 24.0 Å². The lowest BCUT2D eigenvalue weighted by atomic mass is 9.98. The summed E-state index contributed by atoms with van der Waals surface area (Å²) in [6.45, 7) is 11.6. The van der Waals surface area contributed by atoms with Crippen LogP contribution in [0.2, 0.25) is 0 Å². The Balaban J connectivity index is 1.45. The Morgan fingerprint density at radius 2 is 1.31 bits per heavy atom. The number of nitrogens with one attached hydrogen (secondary N) is 2. The third kappa shape index (κ3) is 13.4. The Morgan fingerprint density at radius 3 is 1.91 bits per heavy atom. The van der Waals surface area contributed by atoms with E-state index in [1.165, 1.54) is 17.1 Å². The summed E-state index contributed by atoms with van der Waals surface area (Å²) in [5.74, 6) is -1.04. The van der Waals surface area contributed by atoms with Crippen LogP contribution in [0.1, 0.15) is 62.6 Å². The molecule has 0 unspecified atom stereocenters. The molecule has 2 N–H and O–H groups in total. The minimum Gasteiger partial charge on any atom is -0.497 e. The molecule has 0 aromatic heterocycles. The van der Waals surface area contributed by atoms with Crippen molar-refractivity contribution in [3.05, 3.63) is 115 Å². The van der Waals surface area contributed by atoms with E-state index in [4.69, 9.17) is 28.4 Å². The van der Waals surface area contributed by atoms with Crippen LogP contribution in [-0.2, 0) is 39.9 Å². The van der Waals surface area contributed by atoms with E-state index in [0.29, 0.717) is 24.2 Å². The molecule has 4 rings (SSSR count). The van der Waals surface area contributed by atoms with Gasteiger partial charge in [0.05, 0.1) is 13.7 Å². The summed E-state index contributed by atoms with van der Waals surface area (Å²) in [5, 5.41) is 5.13. The van der Waals surface area contributed by atoms with Crippen molar-refractivity contribution >= 4 is 30.2 Å². The fourth-order valence-corrected chi connectivity index (χ4v) is 6.20. The van der Waals surface area contributed by atoms with Gasteiger partial charge in [-0.15, -0.1) is 0 Å². The van der Waals surface area contributed by atoms with E-state index in [1.54, 1.807) is 52.1 Å². The van der Waals surface area contributed by atoms with Gasteiger partial charge in [-0.1, -0.05) is 86.0 Å². The van der Waals surface area contributed by atoms with Crippen LogP contribution in [0.4, 0.5) is 14.4 Å². The molecule has 14 nitrogen and oxygen atoms in total. The summed E-state index contributed by atoms with van der Waals surface area (Å²) in [6, 6.07) is 20.5. The Labute approximate surface area is 339 Å². The maximum atomic E-state index is 13.5. The second-order valence-electron chi connectivity index (χ2n) is 14.4. The largest absolute Gasteiger partial charge is 0.497 e. The van der Waals surface area contributed by atoms with Gasteiger partial charge in [0.2, 0.25) is 0 Å². The summed E-state index contributed by atoms with van der Waals surface area (Å²) in [5.41, 5.74) is 4.08. The molecule has 3 aromatic rings. The van der Waals surface area contributed by atoms with Gasteiger partial charge in [0.15, 0.2) is 0 Å². The maximum absolute atomic E-state index is 13.5. The fourth-order valence-electron chi connectivity index (χ4n) is 6.20. The van der Waals surface area contributed by atoms with Gasteiger partial charge in [-0.2, -0.15) is 0 Å². The Hall–Kier alpha value is -6.31. The number of benzene rings is 3. The number of hydrogen-bond acceptors (Lipinski definition) is 11. The van der Waals surface area contributed by atoms with E-state index in [0.717, 1.165) is 22.3 Å². The first kappa shape index (κ1) is 44.4. The molecule has 58 heavy (non-hydrogen) atoms. The second-order valence-corrected chi connectivity index (χ2v) is 14.4. The molecule has 0 radical (unpaired) electrons. The molecule has 310 valence electrons. The molecule has 3 aromatic carbocycles. The molecule has 14 heteroatoms. The summed E-state index contributed by atoms with van der Waals surface area (Å²) < 4.78 is 32.4. The Kier molecular flexibility index (Phi) is 16.7. The predicted molar refractivity (Wildman–Crippen MR) is 216 cm³/mol. The van der Waals surface area contributed by atoms with Crippen molar-refractivity contribution in [1.82, 2.24) is 15.5 Å². The topological polar surface area (TPSA) is 168 Å². The van der Waals surface area contributed by atoms with Crippen molar-refractivity contribution < 1.29 is 52.4 Å². The number of esters is 2. The number of carbonyl (C=O) groups excluding carboxylic acids is 5. The number of carbonyl (C=O) groups is 5. The van der Waals surface area contributed by atoms with E-state index in [-0.39, 0.29) is 51.9 Å². The number of rotatable bonds is 20. The number of hydrogen-bond donors (Lipinski definition) is 2. The zero-order chi connectivity index (χ0) is 42.1.